The Bertz CT molecular complexity index is 1120. The number of carbonyl (C=O) groups is 2. The highest BCUT2D eigenvalue weighted by atomic mass is 32.1. The van der Waals surface area contributed by atoms with Gasteiger partial charge >= 0.3 is 0 Å². The van der Waals surface area contributed by atoms with Gasteiger partial charge in [-0.15, -0.1) is 11.3 Å². The first kappa shape index (κ1) is 17.8. The molecule has 2 aromatic carbocycles. The molecule has 0 spiro atoms. The molecule has 1 N–H and O–H groups in total. The number of pyridine rings is 1. The lowest BCUT2D eigenvalue weighted by atomic mass is 9.98. The van der Waals surface area contributed by atoms with E-state index in [0.29, 0.717) is 21.8 Å². The van der Waals surface area contributed by atoms with Crippen molar-refractivity contribution in [2.75, 3.05) is 5.32 Å². The second kappa shape index (κ2) is 7.94. The number of hydrogen-bond acceptors (Lipinski definition) is 5. The number of ketones is 1. The van der Waals surface area contributed by atoms with Crippen LogP contribution in [0.4, 0.5) is 5.13 Å². The van der Waals surface area contributed by atoms with Gasteiger partial charge in [0.05, 0.1) is 11.3 Å². The van der Waals surface area contributed by atoms with Crippen LogP contribution < -0.4 is 5.32 Å². The zero-order valence-electron chi connectivity index (χ0n) is 14.7. The fourth-order valence-electron chi connectivity index (χ4n) is 2.77. The van der Waals surface area contributed by atoms with Gasteiger partial charge in [0, 0.05) is 34.5 Å². The third-order valence-electron chi connectivity index (χ3n) is 4.13. The van der Waals surface area contributed by atoms with Crippen LogP contribution in [0.3, 0.4) is 0 Å². The topological polar surface area (TPSA) is 72.0 Å². The lowest BCUT2D eigenvalue weighted by Crippen LogP contribution is -2.16. The van der Waals surface area contributed by atoms with Gasteiger partial charge in [-0.2, -0.15) is 0 Å². The molecule has 0 radical (unpaired) electrons. The lowest BCUT2D eigenvalue weighted by molar-refractivity contribution is 0.0996. The lowest BCUT2D eigenvalue weighted by Gasteiger charge is -2.08. The zero-order valence-corrected chi connectivity index (χ0v) is 15.5. The molecule has 0 aliphatic rings. The molecule has 0 aliphatic carbocycles. The van der Waals surface area contributed by atoms with Gasteiger partial charge in [0.2, 0.25) is 0 Å². The maximum Gasteiger partial charge on any atom is 0.258 e. The van der Waals surface area contributed by atoms with E-state index < -0.39 is 0 Å². The van der Waals surface area contributed by atoms with E-state index in [0.717, 1.165) is 11.3 Å². The van der Waals surface area contributed by atoms with Gasteiger partial charge in [-0.3, -0.25) is 19.9 Å². The molecule has 0 aliphatic heterocycles. The number of thiazole rings is 1. The Morgan fingerprint density at radius 1 is 0.857 bits per heavy atom. The number of rotatable bonds is 5. The number of benzene rings is 2. The summed E-state index contributed by atoms with van der Waals surface area (Å²) in [4.78, 5) is 34.1. The van der Waals surface area contributed by atoms with E-state index in [9.17, 15) is 9.59 Å². The van der Waals surface area contributed by atoms with E-state index >= 15 is 0 Å². The smallest absolute Gasteiger partial charge is 0.258 e. The highest BCUT2D eigenvalue weighted by molar-refractivity contribution is 7.14. The summed E-state index contributed by atoms with van der Waals surface area (Å²) in [6.07, 6.45) is 3.41. The van der Waals surface area contributed by atoms with Crippen molar-refractivity contribution in [2.24, 2.45) is 0 Å². The third kappa shape index (κ3) is 3.72. The van der Waals surface area contributed by atoms with Crippen molar-refractivity contribution in [2.45, 2.75) is 0 Å². The maximum atomic E-state index is 12.8. The number of aromatic nitrogens is 2. The molecule has 2 heterocycles. The number of hydrogen-bond donors (Lipinski definition) is 1. The van der Waals surface area contributed by atoms with Crippen molar-refractivity contribution in [3.05, 3.63) is 101 Å². The fourth-order valence-corrected chi connectivity index (χ4v) is 3.48. The van der Waals surface area contributed by atoms with Crippen molar-refractivity contribution in [1.29, 1.82) is 0 Å². The van der Waals surface area contributed by atoms with Crippen molar-refractivity contribution in [3.8, 4) is 11.3 Å². The van der Waals surface area contributed by atoms with Gasteiger partial charge in [-0.1, -0.05) is 48.5 Å². The normalized spacial score (nSPS) is 10.4. The Morgan fingerprint density at radius 3 is 2.36 bits per heavy atom. The molecule has 0 fully saturated rings. The Morgan fingerprint density at radius 2 is 1.61 bits per heavy atom. The van der Waals surface area contributed by atoms with E-state index in [2.05, 4.69) is 15.3 Å². The van der Waals surface area contributed by atoms with Crippen LogP contribution in [0.25, 0.3) is 11.3 Å². The summed E-state index contributed by atoms with van der Waals surface area (Å²) >= 11 is 1.32. The van der Waals surface area contributed by atoms with Crippen molar-refractivity contribution < 1.29 is 9.59 Å². The van der Waals surface area contributed by atoms with Gasteiger partial charge in [0.25, 0.3) is 5.91 Å². The zero-order chi connectivity index (χ0) is 19.3. The summed E-state index contributed by atoms with van der Waals surface area (Å²) in [6.45, 7) is 0. The Kier molecular flexibility index (Phi) is 5.03. The molecule has 0 saturated carbocycles. The van der Waals surface area contributed by atoms with E-state index in [1.807, 2.05) is 23.6 Å². The molecule has 0 bridgehead atoms. The first-order valence-electron chi connectivity index (χ1n) is 8.58. The number of anilines is 1. The van der Waals surface area contributed by atoms with Crippen molar-refractivity contribution in [3.63, 3.8) is 0 Å². The van der Waals surface area contributed by atoms with Gasteiger partial charge in [0.1, 0.15) is 0 Å². The molecule has 2 aromatic heterocycles. The summed E-state index contributed by atoms with van der Waals surface area (Å²) in [7, 11) is 0. The van der Waals surface area contributed by atoms with Crippen LogP contribution in [0.2, 0.25) is 0 Å². The highest BCUT2D eigenvalue weighted by Gasteiger charge is 2.19. The molecule has 5 nitrogen and oxygen atoms in total. The Labute approximate surface area is 165 Å². The Balaban J connectivity index is 1.58. The van der Waals surface area contributed by atoms with Crippen LogP contribution in [0, 0.1) is 0 Å². The van der Waals surface area contributed by atoms with Crippen LogP contribution in [0.5, 0.6) is 0 Å². The molecule has 4 rings (SSSR count). The summed E-state index contributed by atoms with van der Waals surface area (Å²) < 4.78 is 0. The molecular formula is C22H15N3O2S. The number of nitrogens with zero attached hydrogens (tertiary/aromatic N) is 2. The van der Waals surface area contributed by atoms with E-state index in [-0.39, 0.29) is 11.7 Å². The van der Waals surface area contributed by atoms with Crippen LogP contribution in [0.15, 0.2) is 84.5 Å². The number of carbonyl (C=O) groups excluding carboxylic acids is 2. The van der Waals surface area contributed by atoms with Crippen molar-refractivity contribution in [1.82, 2.24) is 9.97 Å². The highest BCUT2D eigenvalue weighted by Crippen LogP contribution is 2.25. The number of nitrogens with one attached hydrogen (secondary N) is 1. The van der Waals surface area contributed by atoms with Gasteiger partial charge in [0.15, 0.2) is 10.9 Å². The SMILES string of the molecule is O=C(Nc1nc(-c2cccnc2)cs1)c1ccccc1C(=O)c1ccccc1. The molecule has 136 valence electrons. The predicted molar refractivity (Wildman–Crippen MR) is 110 cm³/mol. The predicted octanol–water partition coefficient (Wildman–Crippen LogP) is 4.69. The quantitative estimate of drug-likeness (QED) is 0.506. The second-order valence-corrected chi connectivity index (χ2v) is 6.83. The molecule has 4 aromatic rings. The second-order valence-electron chi connectivity index (χ2n) is 5.97. The van der Waals surface area contributed by atoms with E-state index in [1.54, 1.807) is 60.9 Å². The summed E-state index contributed by atoms with van der Waals surface area (Å²) in [5, 5.41) is 5.11. The monoisotopic (exact) mass is 385 g/mol. The standard InChI is InChI=1S/C22H15N3O2S/c26-20(15-7-2-1-3-8-15)17-10-4-5-11-18(17)21(27)25-22-24-19(14-28-22)16-9-6-12-23-13-16/h1-14H,(H,24,25,27). The third-order valence-corrected chi connectivity index (χ3v) is 4.89. The largest absolute Gasteiger partial charge is 0.298 e. The molecule has 0 saturated heterocycles. The fraction of sp³-hybridized carbons (Fsp3) is 0. The molecule has 0 atom stereocenters. The van der Waals surface area contributed by atoms with Gasteiger partial charge < -0.3 is 0 Å². The molecule has 6 heteroatoms. The van der Waals surface area contributed by atoms with Crippen LogP contribution in [-0.2, 0) is 0 Å². The van der Waals surface area contributed by atoms with E-state index in [1.165, 1.54) is 11.3 Å². The minimum atomic E-state index is -0.369. The molecule has 0 unspecified atom stereocenters. The van der Waals surface area contributed by atoms with Gasteiger partial charge in [-0.05, 0) is 18.2 Å². The minimum absolute atomic E-state index is 0.193. The summed E-state index contributed by atoms with van der Waals surface area (Å²) in [6, 6.07) is 19.4. The molecule has 1 amide bonds. The minimum Gasteiger partial charge on any atom is -0.298 e. The van der Waals surface area contributed by atoms with Crippen LogP contribution >= 0.6 is 11.3 Å². The molecule has 28 heavy (non-hydrogen) atoms. The van der Waals surface area contributed by atoms with E-state index in [4.69, 9.17) is 0 Å². The Hall–Kier alpha value is -3.64. The average Bonchev–Trinajstić information content (AvgIpc) is 3.23. The first-order valence-corrected chi connectivity index (χ1v) is 9.46. The van der Waals surface area contributed by atoms with Crippen LogP contribution in [-0.4, -0.2) is 21.7 Å². The average molecular weight is 385 g/mol. The summed E-state index contributed by atoms with van der Waals surface area (Å²) in [5.41, 5.74) is 2.82. The number of amides is 1. The summed E-state index contributed by atoms with van der Waals surface area (Å²) in [5.74, 6) is -0.562. The van der Waals surface area contributed by atoms with Gasteiger partial charge in [-0.25, -0.2) is 4.98 Å². The maximum absolute atomic E-state index is 12.8. The first-order chi connectivity index (χ1) is 13.7. The van der Waals surface area contributed by atoms with Crippen LogP contribution in [0.1, 0.15) is 26.3 Å². The molecular weight excluding hydrogens is 370 g/mol. The van der Waals surface area contributed by atoms with Crippen molar-refractivity contribution >= 4 is 28.2 Å².